The van der Waals surface area contributed by atoms with Crippen molar-refractivity contribution >= 4 is 27.5 Å². The second-order valence-corrected chi connectivity index (χ2v) is 7.81. The van der Waals surface area contributed by atoms with Crippen LogP contribution in [0.2, 0.25) is 0 Å². The Balaban J connectivity index is 1.26. The van der Waals surface area contributed by atoms with Gasteiger partial charge in [0.15, 0.2) is 0 Å². The van der Waals surface area contributed by atoms with Gasteiger partial charge in [-0.15, -0.1) is 0 Å². The van der Waals surface area contributed by atoms with Crippen LogP contribution in [0.15, 0.2) is 65.8 Å². The highest BCUT2D eigenvalue weighted by Gasteiger charge is 2.18. The molecular weight excluding hydrogens is 390 g/mol. The summed E-state index contributed by atoms with van der Waals surface area (Å²) in [6, 6.07) is 16.0. The maximum Gasteiger partial charge on any atom is 0.262 e. The van der Waals surface area contributed by atoms with E-state index in [2.05, 4.69) is 31.9 Å². The third kappa shape index (κ3) is 3.84. The Morgan fingerprint density at radius 1 is 0.935 bits per heavy atom. The largest absolute Gasteiger partial charge is 0.497 e. The Bertz CT molecular complexity index is 1280. The molecule has 5 rings (SSSR count). The first-order chi connectivity index (χ1) is 15.2. The molecule has 158 valence electrons. The number of benzene rings is 2. The van der Waals surface area contributed by atoms with E-state index in [0.717, 1.165) is 54.9 Å². The predicted octanol–water partition coefficient (Wildman–Crippen LogP) is 2.78. The number of methoxy groups -OCH3 is 1. The van der Waals surface area contributed by atoms with E-state index in [1.807, 2.05) is 36.4 Å². The van der Waals surface area contributed by atoms with Gasteiger partial charge in [0, 0.05) is 62.6 Å². The van der Waals surface area contributed by atoms with E-state index in [1.54, 1.807) is 24.2 Å². The molecule has 0 bridgehead atoms. The fourth-order valence-electron chi connectivity index (χ4n) is 4.20. The molecule has 0 N–H and O–H groups in total. The Morgan fingerprint density at radius 3 is 2.61 bits per heavy atom. The second kappa shape index (κ2) is 8.35. The molecule has 0 spiro atoms. The lowest BCUT2D eigenvalue weighted by Gasteiger charge is -2.36. The highest BCUT2D eigenvalue weighted by atomic mass is 16.5. The molecule has 2 aromatic heterocycles. The number of pyridine rings is 1. The van der Waals surface area contributed by atoms with Crippen LogP contribution in [0, 0.1) is 0 Å². The van der Waals surface area contributed by atoms with E-state index in [0.29, 0.717) is 11.9 Å². The predicted molar refractivity (Wildman–Crippen MR) is 123 cm³/mol. The molecule has 0 radical (unpaired) electrons. The molecule has 1 fully saturated rings. The van der Waals surface area contributed by atoms with Crippen LogP contribution in [0.1, 0.15) is 0 Å². The minimum absolute atomic E-state index is 0.0294. The summed E-state index contributed by atoms with van der Waals surface area (Å²) < 4.78 is 7.04. The van der Waals surface area contributed by atoms with Gasteiger partial charge < -0.3 is 9.64 Å². The summed E-state index contributed by atoms with van der Waals surface area (Å²) >= 11 is 0. The van der Waals surface area contributed by atoms with Crippen LogP contribution < -0.4 is 15.2 Å². The van der Waals surface area contributed by atoms with Crippen LogP contribution in [-0.4, -0.2) is 59.3 Å². The van der Waals surface area contributed by atoms with Crippen LogP contribution in [0.25, 0.3) is 21.8 Å². The number of aromatic nitrogens is 3. The highest BCUT2D eigenvalue weighted by molar-refractivity contribution is 6.02. The van der Waals surface area contributed by atoms with Gasteiger partial charge in [-0.05, 0) is 18.2 Å². The summed E-state index contributed by atoms with van der Waals surface area (Å²) in [6.45, 7) is 5.26. The molecule has 2 aromatic carbocycles. The van der Waals surface area contributed by atoms with Gasteiger partial charge in [0.1, 0.15) is 5.75 Å². The number of hydrogen-bond acceptors (Lipinski definition) is 6. The number of ether oxygens (including phenoxy) is 1. The van der Waals surface area contributed by atoms with Crippen molar-refractivity contribution in [1.29, 1.82) is 0 Å². The van der Waals surface area contributed by atoms with Gasteiger partial charge in [-0.3, -0.25) is 19.2 Å². The maximum absolute atomic E-state index is 13.0. The Labute approximate surface area is 180 Å². The Kier molecular flexibility index (Phi) is 5.26. The van der Waals surface area contributed by atoms with E-state index in [-0.39, 0.29) is 5.56 Å². The first-order valence-corrected chi connectivity index (χ1v) is 10.6. The number of fused-ring (bicyclic) bond motifs is 3. The number of piperazine rings is 1. The molecule has 4 aromatic rings. The number of rotatable bonds is 5. The van der Waals surface area contributed by atoms with Crippen LogP contribution in [-0.2, 0) is 6.54 Å². The summed E-state index contributed by atoms with van der Waals surface area (Å²) in [7, 11) is 1.69. The van der Waals surface area contributed by atoms with Gasteiger partial charge in [0.2, 0.25) is 0 Å². The average molecular weight is 415 g/mol. The average Bonchev–Trinajstić information content (AvgIpc) is 2.84. The topological polar surface area (TPSA) is 63.5 Å². The SMILES string of the molecule is COc1cccc(N2CCN(CCn3cnc4c(cnc5ccccc54)c3=O)CC2)c1. The minimum atomic E-state index is -0.0294. The van der Waals surface area contributed by atoms with Crippen LogP contribution in [0.4, 0.5) is 5.69 Å². The number of para-hydroxylation sites is 1. The maximum atomic E-state index is 13.0. The molecule has 7 heteroatoms. The monoisotopic (exact) mass is 415 g/mol. The molecule has 0 aliphatic carbocycles. The van der Waals surface area contributed by atoms with Gasteiger partial charge in [0.25, 0.3) is 5.56 Å². The molecule has 0 atom stereocenters. The van der Waals surface area contributed by atoms with Gasteiger partial charge >= 0.3 is 0 Å². The first-order valence-electron chi connectivity index (χ1n) is 10.6. The van der Waals surface area contributed by atoms with Gasteiger partial charge in [0.05, 0.1) is 29.9 Å². The Morgan fingerprint density at radius 2 is 1.77 bits per heavy atom. The van der Waals surface area contributed by atoms with Crippen LogP contribution >= 0.6 is 0 Å². The van der Waals surface area contributed by atoms with E-state index in [9.17, 15) is 4.79 Å². The quantitative estimate of drug-likeness (QED) is 0.467. The molecule has 0 amide bonds. The van der Waals surface area contributed by atoms with Crippen molar-refractivity contribution in [1.82, 2.24) is 19.4 Å². The normalized spacial score (nSPS) is 14.9. The lowest BCUT2D eigenvalue weighted by Crippen LogP contribution is -2.47. The summed E-state index contributed by atoms with van der Waals surface area (Å²) in [5.74, 6) is 0.880. The standard InChI is InChI=1S/C24H25N5O2/c1-31-19-6-4-5-18(15-19)28-12-9-27(10-13-28)11-14-29-17-26-23-20-7-2-3-8-22(20)25-16-21(23)24(29)30/h2-8,15-17H,9-14H2,1H3. The van der Waals surface area contributed by atoms with Crippen molar-refractivity contribution in [3.8, 4) is 5.75 Å². The zero-order chi connectivity index (χ0) is 21.2. The van der Waals surface area contributed by atoms with E-state index in [4.69, 9.17) is 4.74 Å². The summed E-state index contributed by atoms with van der Waals surface area (Å²) in [6.07, 6.45) is 3.32. The van der Waals surface area contributed by atoms with Gasteiger partial charge in [-0.2, -0.15) is 0 Å². The number of nitrogens with zero attached hydrogens (tertiary/aromatic N) is 5. The summed E-state index contributed by atoms with van der Waals surface area (Å²) in [4.78, 5) is 26.8. The van der Waals surface area contributed by atoms with Crippen LogP contribution in [0.5, 0.6) is 5.75 Å². The van der Waals surface area contributed by atoms with Crippen molar-refractivity contribution in [2.45, 2.75) is 6.54 Å². The Hall–Kier alpha value is -3.45. The second-order valence-electron chi connectivity index (χ2n) is 7.81. The van der Waals surface area contributed by atoms with Crippen LogP contribution in [0.3, 0.4) is 0 Å². The van der Waals surface area contributed by atoms with Gasteiger partial charge in [-0.1, -0.05) is 24.3 Å². The van der Waals surface area contributed by atoms with Crippen molar-refractivity contribution in [2.24, 2.45) is 0 Å². The molecule has 31 heavy (non-hydrogen) atoms. The van der Waals surface area contributed by atoms with E-state index in [1.165, 1.54) is 5.69 Å². The lowest BCUT2D eigenvalue weighted by atomic mass is 10.1. The number of anilines is 1. The zero-order valence-corrected chi connectivity index (χ0v) is 17.6. The van der Waals surface area contributed by atoms with Gasteiger partial charge in [-0.25, -0.2) is 4.98 Å². The first kappa shape index (κ1) is 19.5. The van der Waals surface area contributed by atoms with E-state index >= 15 is 0 Å². The fraction of sp³-hybridized carbons (Fsp3) is 0.292. The smallest absolute Gasteiger partial charge is 0.262 e. The highest BCUT2D eigenvalue weighted by Crippen LogP contribution is 2.22. The molecule has 1 aliphatic heterocycles. The molecular formula is C24H25N5O2. The molecule has 7 nitrogen and oxygen atoms in total. The molecule has 3 heterocycles. The minimum Gasteiger partial charge on any atom is -0.497 e. The third-order valence-electron chi connectivity index (χ3n) is 6.01. The fourth-order valence-corrected chi connectivity index (χ4v) is 4.20. The summed E-state index contributed by atoms with van der Waals surface area (Å²) in [5, 5.41) is 1.49. The van der Waals surface area contributed by atoms with Crippen molar-refractivity contribution in [2.75, 3.05) is 44.7 Å². The van der Waals surface area contributed by atoms with Crippen molar-refractivity contribution in [3.63, 3.8) is 0 Å². The molecule has 1 saturated heterocycles. The van der Waals surface area contributed by atoms with Crippen molar-refractivity contribution in [3.05, 3.63) is 71.4 Å². The summed E-state index contributed by atoms with van der Waals surface area (Å²) in [5.41, 5.74) is 2.74. The lowest BCUT2D eigenvalue weighted by molar-refractivity contribution is 0.247. The molecule has 0 saturated carbocycles. The molecule has 1 aliphatic rings. The third-order valence-corrected chi connectivity index (χ3v) is 6.01. The van der Waals surface area contributed by atoms with Crippen molar-refractivity contribution < 1.29 is 4.74 Å². The number of hydrogen-bond donors (Lipinski definition) is 0. The van der Waals surface area contributed by atoms with E-state index < -0.39 is 0 Å². The molecule has 0 unspecified atom stereocenters. The zero-order valence-electron chi connectivity index (χ0n) is 17.6.